The first kappa shape index (κ1) is 17.7. The molecule has 0 bridgehead atoms. The van der Waals surface area contributed by atoms with Crippen LogP contribution in [0.15, 0.2) is 54.6 Å². The van der Waals surface area contributed by atoms with E-state index in [0.717, 1.165) is 16.9 Å². The van der Waals surface area contributed by atoms with Gasteiger partial charge in [-0.3, -0.25) is 9.59 Å². The van der Waals surface area contributed by atoms with Gasteiger partial charge in [0, 0.05) is 0 Å². The number of Topliss-reactive ketones (excluding diaryl/α,β-unsaturated/α-hetero) is 1. The third-order valence-corrected chi connectivity index (χ3v) is 3.89. The Hall–Kier alpha value is -2.62. The monoisotopic (exact) mass is 326 g/mol. The smallest absolute Gasteiger partial charge is 0.316 e. The van der Waals surface area contributed by atoms with Crippen LogP contribution in [0.4, 0.5) is 0 Å². The average molecular weight is 326 g/mol. The lowest BCUT2D eigenvalue weighted by atomic mass is 9.96. The molecule has 0 aliphatic carbocycles. The molecule has 0 aromatic heterocycles. The number of para-hydroxylation sites is 1. The van der Waals surface area contributed by atoms with Crippen molar-refractivity contribution < 1.29 is 19.1 Å². The van der Waals surface area contributed by atoms with Crippen LogP contribution < -0.4 is 4.74 Å². The minimum atomic E-state index is -0.751. The summed E-state index contributed by atoms with van der Waals surface area (Å²) in [5, 5.41) is 0. The number of ether oxygens (including phenoxy) is 2. The van der Waals surface area contributed by atoms with Crippen LogP contribution in [0.3, 0.4) is 0 Å². The summed E-state index contributed by atoms with van der Waals surface area (Å²) < 4.78 is 10.6. The third-order valence-electron chi connectivity index (χ3n) is 3.89. The van der Waals surface area contributed by atoms with E-state index in [1.54, 1.807) is 7.11 Å². The Labute approximate surface area is 142 Å². The molecule has 0 amide bonds. The third kappa shape index (κ3) is 4.95. The van der Waals surface area contributed by atoms with E-state index in [1.165, 1.54) is 6.92 Å². The Bertz CT molecular complexity index is 679. The molecule has 0 saturated heterocycles. The summed E-state index contributed by atoms with van der Waals surface area (Å²) in [5.41, 5.74) is 1.87. The first-order valence-electron chi connectivity index (χ1n) is 7.94. The van der Waals surface area contributed by atoms with Crippen molar-refractivity contribution in [3.8, 4) is 5.75 Å². The highest BCUT2D eigenvalue weighted by Crippen LogP contribution is 2.21. The van der Waals surface area contributed by atoms with Crippen LogP contribution in [-0.4, -0.2) is 18.9 Å². The van der Waals surface area contributed by atoms with Crippen LogP contribution in [0.1, 0.15) is 24.5 Å². The van der Waals surface area contributed by atoms with Gasteiger partial charge in [0.1, 0.15) is 24.1 Å². The number of benzene rings is 2. The van der Waals surface area contributed by atoms with Crippen LogP contribution in [0.25, 0.3) is 0 Å². The molecule has 126 valence electrons. The van der Waals surface area contributed by atoms with Crippen LogP contribution in [-0.2, 0) is 27.4 Å². The zero-order valence-corrected chi connectivity index (χ0v) is 14.0. The van der Waals surface area contributed by atoms with E-state index < -0.39 is 11.9 Å². The molecule has 4 nitrogen and oxygen atoms in total. The minimum Gasteiger partial charge on any atom is -0.496 e. The molecule has 4 heteroatoms. The van der Waals surface area contributed by atoms with Crippen molar-refractivity contribution in [2.45, 2.75) is 26.4 Å². The zero-order valence-electron chi connectivity index (χ0n) is 14.0. The fourth-order valence-corrected chi connectivity index (χ4v) is 2.53. The van der Waals surface area contributed by atoms with Crippen molar-refractivity contribution in [1.29, 1.82) is 0 Å². The Morgan fingerprint density at radius 3 is 2.33 bits per heavy atom. The number of methoxy groups -OCH3 is 1. The minimum absolute atomic E-state index is 0.178. The molecular weight excluding hydrogens is 304 g/mol. The van der Waals surface area contributed by atoms with Crippen LogP contribution in [0, 0.1) is 5.92 Å². The number of rotatable bonds is 8. The summed E-state index contributed by atoms with van der Waals surface area (Å²) in [6.45, 7) is 1.61. The summed E-state index contributed by atoms with van der Waals surface area (Å²) in [6.07, 6.45) is 0.984. The summed E-state index contributed by atoms with van der Waals surface area (Å²) in [5.74, 6) is -0.639. The molecule has 0 saturated carbocycles. The van der Waals surface area contributed by atoms with Crippen molar-refractivity contribution in [3.05, 3.63) is 65.7 Å². The largest absolute Gasteiger partial charge is 0.496 e. The van der Waals surface area contributed by atoms with Crippen molar-refractivity contribution in [1.82, 2.24) is 0 Å². The molecule has 2 rings (SSSR count). The van der Waals surface area contributed by atoms with Gasteiger partial charge in [-0.15, -0.1) is 0 Å². The van der Waals surface area contributed by atoms with Gasteiger partial charge in [0.05, 0.1) is 7.11 Å². The highest BCUT2D eigenvalue weighted by atomic mass is 16.5. The topological polar surface area (TPSA) is 52.6 Å². The molecule has 1 unspecified atom stereocenters. The number of carbonyl (C=O) groups excluding carboxylic acids is 2. The molecule has 2 aromatic rings. The Morgan fingerprint density at radius 2 is 1.67 bits per heavy atom. The predicted molar refractivity (Wildman–Crippen MR) is 91.7 cm³/mol. The average Bonchev–Trinajstić information content (AvgIpc) is 2.61. The van der Waals surface area contributed by atoms with Crippen molar-refractivity contribution in [2.75, 3.05) is 7.11 Å². The molecule has 0 N–H and O–H groups in total. The van der Waals surface area contributed by atoms with E-state index in [4.69, 9.17) is 9.47 Å². The Morgan fingerprint density at radius 1 is 1.00 bits per heavy atom. The second-order valence-electron chi connectivity index (χ2n) is 5.61. The van der Waals surface area contributed by atoms with E-state index in [-0.39, 0.29) is 12.4 Å². The lowest BCUT2D eigenvalue weighted by molar-refractivity contribution is -0.153. The molecular formula is C20H22O4. The number of hydrogen-bond donors (Lipinski definition) is 0. The zero-order chi connectivity index (χ0) is 17.4. The maximum atomic E-state index is 12.3. The molecule has 24 heavy (non-hydrogen) atoms. The normalized spacial score (nSPS) is 11.6. The lowest BCUT2D eigenvalue weighted by Crippen LogP contribution is -2.25. The number of esters is 1. The number of ketones is 1. The van der Waals surface area contributed by atoms with Crippen molar-refractivity contribution in [3.63, 3.8) is 0 Å². The highest BCUT2D eigenvalue weighted by Gasteiger charge is 2.25. The Kier molecular flexibility index (Phi) is 6.55. The van der Waals surface area contributed by atoms with E-state index in [2.05, 4.69) is 0 Å². The summed E-state index contributed by atoms with van der Waals surface area (Å²) in [4.78, 5) is 24.1. The highest BCUT2D eigenvalue weighted by molar-refractivity contribution is 5.97. The van der Waals surface area contributed by atoms with Gasteiger partial charge in [0.15, 0.2) is 0 Å². The van der Waals surface area contributed by atoms with E-state index >= 15 is 0 Å². The van der Waals surface area contributed by atoms with Crippen LogP contribution in [0.5, 0.6) is 5.75 Å². The lowest BCUT2D eigenvalue weighted by Gasteiger charge is -2.14. The summed E-state index contributed by atoms with van der Waals surface area (Å²) in [6, 6.07) is 17.0. The number of hydrogen-bond acceptors (Lipinski definition) is 4. The summed E-state index contributed by atoms with van der Waals surface area (Å²) in [7, 11) is 1.61. The molecule has 0 aliphatic rings. The number of carbonyl (C=O) groups is 2. The van der Waals surface area contributed by atoms with Crippen molar-refractivity contribution in [2.24, 2.45) is 5.92 Å². The fourth-order valence-electron chi connectivity index (χ4n) is 2.53. The fraction of sp³-hybridized carbons (Fsp3) is 0.300. The Balaban J connectivity index is 1.96. The molecule has 2 aromatic carbocycles. The van der Waals surface area contributed by atoms with Gasteiger partial charge >= 0.3 is 5.97 Å². The number of aryl methyl sites for hydroxylation is 1. The second kappa shape index (κ2) is 8.87. The first-order chi connectivity index (χ1) is 11.6. The molecule has 0 aliphatic heterocycles. The van der Waals surface area contributed by atoms with Gasteiger partial charge in [-0.2, -0.15) is 0 Å². The van der Waals surface area contributed by atoms with E-state index in [9.17, 15) is 9.59 Å². The SMILES string of the molecule is COc1ccccc1CCC(C(C)=O)C(=O)OCc1ccccc1. The van der Waals surface area contributed by atoms with Gasteiger partial charge in [-0.25, -0.2) is 0 Å². The quantitative estimate of drug-likeness (QED) is 0.550. The van der Waals surface area contributed by atoms with E-state index in [0.29, 0.717) is 12.8 Å². The molecule has 0 heterocycles. The van der Waals surface area contributed by atoms with Crippen molar-refractivity contribution >= 4 is 11.8 Å². The molecule has 1 atom stereocenters. The standard InChI is InChI=1S/C20H22O4/c1-15(21)18(13-12-17-10-6-7-11-19(17)23-2)20(22)24-14-16-8-4-3-5-9-16/h3-11,18H,12-14H2,1-2H3. The first-order valence-corrected chi connectivity index (χ1v) is 7.94. The molecule has 0 fully saturated rings. The van der Waals surface area contributed by atoms with Crippen LogP contribution in [0.2, 0.25) is 0 Å². The van der Waals surface area contributed by atoms with Gasteiger partial charge < -0.3 is 9.47 Å². The van der Waals surface area contributed by atoms with Gasteiger partial charge in [0.2, 0.25) is 0 Å². The predicted octanol–water partition coefficient (Wildman–Crippen LogP) is 3.58. The van der Waals surface area contributed by atoms with Gasteiger partial charge in [0.25, 0.3) is 0 Å². The maximum Gasteiger partial charge on any atom is 0.316 e. The van der Waals surface area contributed by atoms with E-state index in [1.807, 2.05) is 54.6 Å². The maximum absolute atomic E-state index is 12.3. The molecule has 0 spiro atoms. The second-order valence-corrected chi connectivity index (χ2v) is 5.61. The van der Waals surface area contributed by atoms with Gasteiger partial charge in [-0.1, -0.05) is 48.5 Å². The van der Waals surface area contributed by atoms with Gasteiger partial charge in [-0.05, 0) is 37.0 Å². The molecule has 0 radical (unpaired) electrons. The summed E-state index contributed by atoms with van der Waals surface area (Å²) >= 11 is 0. The van der Waals surface area contributed by atoms with Crippen LogP contribution >= 0.6 is 0 Å².